The number of ketones is 1. The summed E-state index contributed by atoms with van der Waals surface area (Å²) in [5.74, 6) is -1.94. The molecule has 190 valence electrons. The summed E-state index contributed by atoms with van der Waals surface area (Å²) in [5, 5.41) is 11.7. The Morgan fingerprint density at radius 1 is 1.00 bits per heavy atom. The van der Waals surface area contributed by atoms with E-state index in [4.69, 9.17) is 25.8 Å². The fourth-order valence-electron chi connectivity index (χ4n) is 4.21. The smallest absolute Gasteiger partial charge is 0.338 e. The topological polar surface area (TPSA) is 102 Å². The minimum atomic E-state index is -1.02. The van der Waals surface area contributed by atoms with Crippen molar-refractivity contribution in [3.8, 4) is 11.5 Å². The molecule has 0 aromatic heterocycles. The zero-order chi connectivity index (χ0) is 26.7. The zero-order valence-corrected chi connectivity index (χ0v) is 21.1. The monoisotopic (exact) mass is 521 g/mol. The van der Waals surface area contributed by atoms with Gasteiger partial charge in [-0.3, -0.25) is 14.5 Å². The molecule has 0 aliphatic carbocycles. The van der Waals surface area contributed by atoms with E-state index in [0.29, 0.717) is 16.3 Å². The third kappa shape index (κ3) is 4.88. The molecule has 0 spiro atoms. The first kappa shape index (κ1) is 25.8. The van der Waals surface area contributed by atoms with Crippen molar-refractivity contribution in [1.82, 2.24) is 0 Å². The number of anilines is 1. The molecule has 1 aliphatic heterocycles. The largest absolute Gasteiger partial charge is 0.507 e. The van der Waals surface area contributed by atoms with Crippen molar-refractivity contribution in [2.45, 2.75) is 13.0 Å². The van der Waals surface area contributed by atoms with E-state index in [1.54, 1.807) is 61.5 Å². The summed E-state index contributed by atoms with van der Waals surface area (Å²) in [7, 11) is 2.94. The lowest BCUT2D eigenvalue weighted by Crippen LogP contribution is -2.29. The lowest BCUT2D eigenvalue weighted by molar-refractivity contribution is -0.132. The van der Waals surface area contributed by atoms with Gasteiger partial charge in [-0.15, -0.1) is 0 Å². The highest BCUT2D eigenvalue weighted by Gasteiger charge is 2.47. The number of benzene rings is 3. The number of hydrogen-bond donors (Lipinski definition) is 1. The first-order chi connectivity index (χ1) is 17.8. The average molecular weight is 522 g/mol. The zero-order valence-electron chi connectivity index (χ0n) is 20.4. The Labute approximate surface area is 218 Å². The van der Waals surface area contributed by atoms with E-state index in [1.165, 1.54) is 31.3 Å². The second kappa shape index (κ2) is 10.8. The lowest BCUT2D eigenvalue weighted by Gasteiger charge is -2.26. The van der Waals surface area contributed by atoms with Gasteiger partial charge in [0.25, 0.3) is 11.7 Å². The van der Waals surface area contributed by atoms with Gasteiger partial charge >= 0.3 is 5.97 Å². The van der Waals surface area contributed by atoms with Crippen molar-refractivity contribution in [1.29, 1.82) is 0 Å². The molecular formula is C28H24ClNO7. The maximum atomic E-state index is 13.4. The normalized spacial score (nSPS) is 16.5. The molecule has 1 fully saturated rings. The van der Waals surface area contributed by atoms with Crippen LogP contribution in [0.25, 0.3) is 5.76 Å². The minimum absolute atomic E-state index is 0.155. The lowest BCUT2D eigenvalue weighted by atomic mass is 9.94. The molecule has 0 bridgehead atoms. The number of methoxy groups -OCH3 is 2. The summed E-state index contributed by atoms with van der Waals surface area (Å²) >= 11 is 6.16. The number of esters is 1. The van der Waals surface area contributed by atoms with Crippen LogP contribution in [0.4, 0.5) is 5.69 Å². The molecule has 0 radical (unpaired) electrons. The van der Waals surface area contributed by atoms with Crippen LogP contribution in [0, 0.1) is 0 Å². The maximum absolute atomic E-state index is 13.4. The van der Waals surface area contributed by atoms with Crippen LogP contribution in [0.1, 0.15) is 34.5 Å². The van der Waals surface area contributed by atoms with E-state index in [9.17, 15) is 19.5 Å². The van der Waals surface area contributed by atoms with Crippen LogP contribution >= 0.6 is 11.6 Å². The number of halogens is 1. The number of Topliss-reactive ketones (excluding diaryl/α,β-unsaturated/α-hetero) is 1. The second-order valence-corrected chi connectivity index (χ2v) is 8.49. The Morgan fingerprint density at radius 2 is 1.73 bits per heavy atom. The minimum Gasteiger partial charge on any atom is -0.507 e. The van der Waals surface area contributed by atoms with E-state index >= 15 is 0 Å². The number of aliphatic hydroxyl groups is 1. The molecule has 1 unspecified atom stereocenters. The molecule has 37 heavy (non-hydrogen) atoms. The number of rotatable bonds is 7. The maximum Gasteiger partial charge on any atom is 0.338 e. The standard InChI is InChI=1S/C28H24ClNO7/c1-4-37-28(34)17-6-5-7-19(14-17)30-24(16-8-11-20(35-2)12-9-16)23(26(32)27(30)33)25(31)21-15-18(29)10-13-22(21)36-3/h5-15,24,31H,4H2,1-3H3/b25-23+. The second-order valence-electron chi connectivity index (χ2n) is 8.06. The average Bonchev–Trinajstić information content (AvgIpc) is 3.18. The van der Waals surface area contributed by atoms with Crippen molar-refractivity contribution >= 4 is 40.7 Å². The Balaban J connectivity index is 1.95. The predicted molar refractivity (Wildman–Crippen MR) is 138 cm³/mol. The van der Waals surface area contributed by atoms with Crippen molar-refractivity contribution < 1.29 is 33.7 Å². The van der Waals surface area contributed by atoms with Gasteiger partial charge in [0, 0.05) is 10.7 Å². The third-order valence-corrected chi connectivity index (χ3v) is 6.16. The van der Waals surface area contributed by atoms with Crippen LogP contribution in [0.3, 0.4) is 0 Å². The van der Waals surface area contributed by atoms with Crippen LogP contribution < -0.4 is 14.4 Å². The molecule has 1 atom stereocenters. The molecule has 8 nitrogen and oxygen atoms in total. The van der Waals surface area contributed by atoms with Gasteiger partial charge in [-0.25, -0.2) is 4.79 Å². The van der Waals surface area contributed by atoms with Gasteiger partial charge in [0.15, 0.2) is 0 Å². The van der Waals surface area contributed by atoms with E-state index in [2.05, 4.69) is 0 Å². The fourth-order valence-corrected chi connectivity index (χ4v) is 4.38. The van der Waals surface area contributed by atoms with Crippen molar-refractivity contribution in [3.05, 3.63) is 94.0 Å². The number of carbonyl (C=O) groups is 3. The molecule has 1 aliphatic rings. The fraction of sp³-hybridized carbons (Fsp3) is 0.179. The summed E-state index contributed by atoms with van der Waals surface area (Å²) in [4.78, 5) is 40.4. The van der Waals surface area contributed by atoms with E-state index in [1.807, 2.05) is 0 Å². The molecule has 4 rings (SSSR count). The highest BCUT2D eigenvalue weighted by Crippen LogP contribution is 2.44. The number of hydrogen-bond acceptors (Lipinski definition) is 7. The molecule has 1 heterocycles. The Morgan fingerprint density at radius 3 is 2.38 bits per heavy atom. The van der Waals surface area contributed by atoms with Gasteiger partial charge in [-0.1, -0.05) is 29.8 Å². The predicted octanol–water partition coefficient (Wildman–Crippen LogP) is 5.16. The molecule has 1 N–H and O–H groups in total. The highest BCUT2D eigenvalue weighted by atomic mass is 35.5. The van der Waals surface area contributed by atoms with Crippen molar-refractivity contribution in [2.75, 3.05) is 25.7 Å². The van der Waals surface area contributed by atoms with Gasteiger partial charge in [-0.2, -0.15) is 0 Å². The molecular weight excluding hydrogens is 498 g/mol. The number of ether oxygens (including phenoxy) is 3. The number of carbonyl (C=O) groups excluding carboxylic acids is 3. The van der Waals surface area contributed by atoms with Crippen molar-refractivity contribution in [2.24, 2.45) is 0 Å². The molecule has 1 amide bonds. The summed E-state index contributed by atoms with van der Waals surface area (Å²) in [5.41, 5.74) is 1.03. The first-order valence-electron chi connectivity index (χ1n) is 11.4. The summed E-state index contributed by atoms with van der Waals surface area (Å²) < 4.78 is 15.7. The van der Waals surface area contributed by atoms with E-state index < -0.39 is 29.5 Å². The van der Waals surface area contributed by atoms with Gasteiger partial charge < -0.3 is 19.3 Å². The quantitative estimate of drug-likeness (QED) is 0.198. The van der Waals surface area contributed by atoms with Crippen LogP contribution in [0.15, 0.2) is 72.3 Å². The SMILES string of the molecule is CCOC(=O)c1cccc(N2C(=O)C(=O)/C(=C(/O)c3cc(Cl)ccc3OC)C2c2ccc(OC)cc2)c1. The molecule has 0 saturated carbocycles. The van der Waals surface area contributed by atoms with Gasteiger partial charge in [0.1, 0.15) is 17.3 Å². The highest BCUT2D eigenvalue weighted by molar-refractivity contribution is 6.51. The van der Waals surface area contributed by atoms with Crippen LogP contribution in [-0.4, -0.2) is 43.6 Å². The Hall–Kier alpha value is -4.30. The van der Waals surface area contributed by atoms with E-state index in [-0.39, 0.29) is 34.7 Å². The Kier molecular flexibility index (Phi) is 7.50. The number of aliphatic hydroxyl groups excluding tert-OH is 1. The Bertz CT molecular complexity index is 1400. The summed E-state index contributed by atoms with van der Waals surface area (Å²) in [6.45, 7) is 1.87. The van der Waals surface area contributed by atoms with Crippen molar-refractivity contribution in [3.63, 3.8) is 0 Å². The van der Waals surface area contributed by atoms with E-state index in [0.717, 1.165) is 0 Å². The van der Waals surface area contributed by atoms with Crippen LogP contribution in [0.5, 0.6) is 11.5 Å². The van der Waals surface area contributed by atoms with Crippen LogP contribution in [-0.2, 0) is 14.3 Å². The third-order valence-electron chi connectivity index (χ3n) is 5.93. The van der Waals surface area contributed by atoms with Gasteiger partial charge in [0.2, 0.25) is 0 Å². The van der Waals surface area contributed by atoms with Gasteiger partial charge in [-0.05, 0) is 61.0 Å². The molecule has 1 saturated heterocycles. The number of amides is 1. The molecule has 3 aromatic rings. The summed E-state index contributed by atoms with van der Waals surface area (Å²) in [6, 6.07) is 16.5. The summed E-state index contributed by atoms with van der Waals surface area (Å²) in [6.07, 6.45) is 0. The molecule has 9 heteroatoms. The van der Waals surface area contributed by atoms with Gasteiger partial charge in [0.05, 0.1) is 43.6 Å². The van der Waals surface area contributed by atoms with Crippen LogP contribution in [0.2, 0.25) is 5.02 Å². The number of nitrogens with zero attached hydrogens (tertiary/aromatic N) is 1. The first-order valence-corrected chi connectivity index (χ1v) is 11.7. The molecule has 3 aromatic carbocycles.